The van der Waals surface area contributed by atoms with Gasteiger partial charge < -0.3 is 5.41 Å². The standard InChI is InChI=1S/C24H27N/c1-16-12-17(2)23(13-16)19-7-5-8-20(14-19)24-21(15-25)11-10-18-6-3-4-9-22(18)24/h3-4,6,9-12,15,19-20,25H,5,7-8,13-14H2,1-2H3. The molecule has 0 aromatic heterocycles. The summed E-state index contributed by atoms with van der Waals surface area (Å²) in [5.41, 5.74) is 7.22. The number of hydrogen-bond acceptors (Lipinski definition) is 1. The highest BCUT2D eigenvalue weighted by atomic mass is 14.4. The van der Waals surface area contributed by atoms with Crippen LogP contribution in [0.5, 0.6) is 0 Å². The fourth-order valence-electron chi connectivity index (χ4n) is 5.08. The average molecular weight is 329 g/mol. The minimum absolute atomic E-state index is 0.572. The molecular weight excluding hydrogens is 302 g/mol. The highest BCUT2D eigenvalue weighted by molar-refractivity contribution is 5.94. The molecule has 2 aromatic rings. The maximum atomic E-state index is 7.91. The fraction of sp³-hybridized carbons (Fsp3) is 0.375. The van der Waals surface area contributed by atoms with Crippen LogP contribution in [0.4, 0.5) is 0 Å². The maximum Gasteiger partial charge on any atom is 0.0253 e. The predicted octanol–water partition coefficient (Wildman–Crippen LogP) is 6.78. The first-order chi connectivity index (χ1) is 12.2. The second-order valence-corrected chi connectivity index (χ2v) is 7.87. The molecule has 1 nitrogen and oxygen atoms in total. The molecule has 1 saturated carbocycles. The van der Waals surface area contributed by atoms with Crippen molar-refractivity contribution in [3.05, 3.63) is 70.3 Å². The van der Waals surface area contributed by atoms with Crippen molar-refractivity contribution in [2.75, 3.05) is 0 Å². The van der Waals surface area contributed by atoms with Crippen LogP contribution in [0.2, 0.25) is 0 Å². The highest BCUT2D eigenvalue weighted by Gasteiger charge is 2.29. The summed E-state index contributed by atoms with van der Waals surface area (Å²) in [6.45, 7) is 4.55. The van der Waals surface area contributed by atoms with Gasteiger partial charge in [0.15, 0.2) is 0 Å². The number of benzene rings is 2. The van der Waals surface area contributed by atoms with Crippen LogP contribution in [-0.4, -0.2) is 6.21 Å². The second-order valence-electron chi connectivity index (χ2n) is 7.87. The van der Waals surface area contributed by atoms with Crippen LogP contribution in [0.15, 0.2) is 59.2 Å². The Morgan fingerprint density at radius 3 is 2.56 bits per heavy atom. The van der Waals surface area contributed by atoms with E-state index in [0.29, 0.717) is 11.8 Å². The molecule has 0 aliphatic heterocycles. The van der Waals surface area contributed by atoms with E-state index in [0.717, 1.165) is 5.56 Å². The molecule has 1 fully saturated rings. The van der Waals surface area contributed by atoms with Crippen molar-refractivity contribution in [2.45, 2.75) is 51.9 Å². The van der Waals surface area contributed by atoms with Gasteiger partial charge in [0.05, 0.1) is 0 Å². The monoisotopic (exact) mass is 329 g/mol. The lowest BCUT2D eigenvalue weighted by Crippen LogP contribution is -2.18. The van der Waals surface area contributed by atoms with E-state index >= 15 is 0 Å². The SMILES string of the molecule is CC1=CC(C)=C(C2CCCC(c3c(C=N)ccc4ccccc34)C2)C1. The summed E-state index contributed by atoms with van der Waals surface area (Å²) >= 11 is 0. The molecule has 0 radical (unpaired) electrons. The van der Waals surface area contributed by atoms with Crippen molar-refractivity contribution in [3.63, 3.8) is 0 Å². The van der Waals surface area contributed by atoms with Crippen LogP contribution < -0.4 is 0 Å². The first-order valence-electron chi connectivity index (χ1n) is 9.56. The van der Waals surface area contributed by atoms with Crippen molar-refractivity contribution in [3.8, 4) is 0 Å². The Morgan fingerprint density at radius 2 is 1.80 bits per heavy atom. The third kappa shape index (κ3) is 2.97. The van der Waals surface area contributed by atoms with Gasteiger partial charge in [0, 0.05) is 6.21 Å². The number of allylic oxidation sites excluding steroid dienone is 4. The van der Waals surface area contributed by atoms with Crippen LogP contribution in [0, 0.1) is 11.3 Å². The van der Waals surface area contributed by atoms with Gasteiger partial charge in [-0.15, -0.1) is 0 Å². The van der Waals surface area contributed by atoms with E-state index in [1.165, 1.54) is 59.6 Å². The molecule has 1 N–H and O–H groups in total. The second kappa shape index (κ2) is 6.63. The molecule has 0 bridgehead atoms. The lowest BCUT2D eigenvalue weighted by molar-refractivity contribution is 0.356. The van der Waals surface area contributed by atoms with Gasteiger partial charge in [0.2, 0.25) is 0 Å². The van der Waals surface area contributed by atoms with E-state index in [2.05, 4.69) is 56.3 Å². The summed E-state index contributed by atoms with van der Waals surface area (Å²) in [4.78, 5) is 0. The van der Waals surface area contributed by atoms with Gasteiger partial charge in [0.25, 0.3) is 0 Å². The van der Waals surface area contributed by atoms with Crippen LogP contribution >= 0.6 is 0 Å². The number of hydrogen-bond donors (Lipinski definition) is 1. The normalized spacial score (nSPS) is 23.8. The van der Waals surface area contributed by atoms with Gasteiger partial charge in [-0.2, -0.15) is 0 Å². The van der Waals surface area contributed by atoms with Gasteiger partial charge in [-0.1, -0.05) is 65.6 Å². The molecule has 1 heteroatoms. The molecule has 2 unspecified atom stereocenters. The Bertz CT molecular complexity index is 884. The molecule has 0 saturated heterocycles. The van der Waals surface area contributed by atoms with Crippen molar-refractivity contribution in [2.24, 2.45) is 5.92 Å². The van der Waals surface area contributed by atoms with Crippen molar-refractivity contribution in [1.29, 1.82) is 5.41 Å². The molecule has 25 heavy (non-hydrogen) atoms. The first-order valence-corrected chi connectivity index (χ1v) is 9.56. The third-order valence-corrected chi connectivity index (χ3v) is 6.17. The zero-order chi connectivity index (χ0) is 17.4. The van der Waals surface area contributed by atoms with Crippen LogP contribution in [0.1, 0.15) is 63.0 Å². The maximum absolute atomic E-state index is 7.91. The highest BCUT2D eigenvalue weighted by Crippen LogP contribution is 2.45. The predicted molar refractivity (Wildman–Crippen MR) is 108 cm³/mol. The van der Waals surface area contributed by atoms with Crippen LogP contribution in [-0.2, 0) is 0 Å². The first kappa shape index (κ1) is 16.3. The molecule has 0 amide bonds. The topological polar surface area (TPSA) is 23.9 Å². The minimum Gasteiger partial charge on any atom is -0.308 e. The van der Waals surface area contributed by atoms with E-state index in [9.17, 15) is 0 Å². The largest absolute Gasteiger partial charge is 0.308 e. The number of nitrogens with one attached hydrogen (secondary N) is 1. The molecule has 2 aliphatic rings. The molecule has 2 aliphatic carbocycles. The summed E-state index contributed by atoms with van der Waals surface area (Å²) in [6.07, 6.45) is 10.2. The van der Waals surface area contributed by atoms with Gasteiger partial charge >= 0.3 is 0 Å². The summed E-state index contributed by atoms with van der Waals surface area (Å²) in [6, 6.07) is 13.0. The van der Waals surface area contributed by atoms with Gasteiger partial charge in [-0.25, -0.2) is 0 Å². The molecule has 4 rings (SSSR count). The van der Waals surface area contributed by atoms with Crippen LogP contribution in [0.3, 0.4) is 0 Å². The summed E-state index contributed by atoms with van der Waals surface area (Å²) in [5.74, 6) is 1.28. The van der Waals surface area contributed by atoms with E-state index in [1.54, 1.807) is 11.8 Å². The minimum atomic E-state index is 0.572. The van der Waals surface area contributed by atoms with Crippen molar-refractivity contribution < 1.29 is 0 Å². The fourth-order valence-corrected chi connectivity index (χ4v) is 5.08. The van der Waals surface area contributed by atoms with E-state index in [-0.39, 0.29) is 0 Å². The lowest BCUT2D eigenvalue weighted by Gasteiger charge is -2.32. The molecule has 2 aromatic carbocycles. The van der Waals surface area contributed by atoms with Gasteiger partial charge in [-0.05, 0) is 73.3 Å². The van der Waals surface area contributed by atoms with Gasteiger partial charge in [-0.3, -0.25) is 0 Å². The number of rotatable bonds is 3. The molecule has 0 spiro atoms. The van der Waals surface area contributed by atoms with Gasteiger partial charge in [0.1, 0.15) is 0 Å². The summed E-state index contributed by atoms with van der Waals surface area (Å²) < 4.78 is 0. The quantitative estimate of drug-likeness (QED) is 0.600. The zero-order valence-electron chi connectivity index (χ0n) is 15.3. The van der Waals surface area contributed by atoms with E-state index in [1.807, 2.05) is 0 Å². The summed E-state index contributed by atoms with van der Waals surface area (Å²) in [7, 11) is 0. The Hall–Kier alpha value is -2.15. The Balaban J connectivity index is 1.72. The molecule has 128 valence electrons. The van der Waals surface area contributed by atoms with Crippen LogP contribution in [0.25, 0.3) is 10.8 Å². The Morgan fingerprint density at radius 1 is 1.00 bits per heavy atom. The molecular formula is C24H27N. The lowest BCUT2D eigenvalue weighted by atomic mass is 9.72. The number of fused-ring (bicyclic) bond motifs is 1. The Labute approximate surface area is 151 Å². The molecule has 0 heterocycles. The summed E-state index contributed by atoms with van der Waals surface area (Å²) in [5, 5.41) is 10.6. The van der Waals surface area contributed by atoms with E-state index < -0.39 is 0 Å². The average Bonchev–Trinajstić information content (AvgIpc) is 2.99. The molecule has 2 atom stereocenters. The Kier molecular flexibility index (Phi) is 4.33. The third-order valence-electron chi connectivity index (χ3n) is 6.17. The zero-order valence-corrected chi connectivity index (χ0v) is 15.3. The smallest absolute Gasteiger partial charge is 0.0253 e. The van der Waals surface area contributed by atoms with Crippen molar-refractivity contribution >= 4 is 17.0 Å². The van der Waals surface area contributed by atoms with E-state index in [4.69, 9.17) is 5.41 Å². The van der Waals surface area contributed by atoms with Crippen molar-refractivity contribution in [1.82, 2.24) is 0 Å².